The largest absolute Gasteiger partial charge is 0.464 e. The van der Waals surface area contributed by atoms with Crippen LogP contribution in [-0.2, 0) is 25.6 Å². The predicted octanol–water partition coefficient (Wildman–Crippen LogP) is 6.27. The molecular formula is C33H38NO4+. The lowest BCUT2D eigenvalue weighted by Crippen LogP contribution is -2.58. The smallest absolute Gasteiger partial charge is 0.317 e. The van der Waals surface area contributed by atoms with Crippen LogP contribution in [0.25, 0.3) is 11.1 Å². The molecule has 5 heteroatoms. The topological polar surface area (TPSA) is 52.6 Å². The highest BCUT2D eigenvalue weighted by Crippen LogP contribution is 2.44. The van der Waals surface area contributed by atoms with Crippen LogP contribution in [0.1, 0.15) is 56.1 Å². The van der Waals surface area contributed by atoms with Crippen LogP contribution in [0, 0.1) is 0 Å². The molecule has 38 heavy (non-hydrogen) atoms. The monoisotopic (exact) mass is 512 g/mol. The summed E-state index contributed by atoms with van der Waals surface area (Å²) >= 11 is 0. The normalized spacial score (nSPS) is 24.9. The van der Waals surface area contributed by atoms with E-state index in [9.17, 15) is 9.59 Å². The lowest BCUT2D eigenvalue weighted by atomic mass is 9.94. The molecule has 0 amide bonds. The van der Waals surface area contributed by atoms with Crippen LogP contribution in [-0.4, -0.2) is 48.3 Å². The first-order valence-corrected chi connectivity index (χ1v) is 13.9. The number of piperidine rings is 1. The van der Waals surface area contributed by atoms with E-state index in [1.807, 2.05) is 36.4 Å². The van der Waals surface area contributed by atoms with E-state index in [1.54, 1.807) is 6.92 Å². The molecule has 2 aliphatic heterocycles. The molecule has 2 aliphatic rings. The summed E-state index contributed by atoms with van der Waals surface area (Å²) in [7, 11) is 2.38. The first-order valence-electron chi connectivity index (χ1n) is 13.9. The standard InChI is InChI=1S/C33H38NO4/c1-3-32(35)37-23-31(27-12-8-5-9-13-27)33(36)38-30-20-28-18-19-29(21-30)34(28,2)22-24-14-16-26(17-15-24)25-10-6-4-7-11-25/h4-17,28-31H,3,18-23H2,1-2H3/q+1. The number of hydrogen-bond donors (Lipinski definition) is 0. The van der Waals surface area contributed by atoms with E-state index >= 15 is 0 Å². The molecule has 0 aliphatic carbocycles. The zero-order valence-electron chi connectivity index (χ0n) is 22.4. The quantitative estimate of drug-likeness (QED) is 0.250. The molecule has 3 atom stereocenters. The summed E-state index contributed by atoms with van der Waals surface area (Å²) < 4.78 is 12.5. The molecular weight excluding hydrogens is 474 g/mol. The van der Waals surface area contributed by atoms with Crippen molar-refractivity contribution < 1.29 is 23.5 Å². The van der Waals surface area contributed by atoms with Crippen molar-refractivity contribution in [3.63, 3.8) is 0 Å². The lowest BCUT2D eigenvalue weighted by molar-refractivity contribution is -0.961. The third-order valence-corrected chi connectivity index (χ3v) is 8.62. The highest BCUT2D eigenvalue weighted by atomic mass is 16.6. The Kier molecular flexibility index (Phi) is 7.94. The van der Waals surface area contributed by atoms with Crippen LogP contribution in [0.5, 0.6) is 0 Å². The van der Waals surface area contributed by atoms with Crippen molar-refractivity contribution >= 4 is 11.9 Å². The Morgan fingerprint density at radius 1 is 0.842 bits per heavy atom. The average molecular weight is 513 g/mol. The summed E-state index contributed by atoms with van der Waals surface area (Å²) in [5.41, 5.74) is 4.64. The van der Waals surface area contributed by atoms with Gasteiger partial charge in [0.15, 0.2) is 0 Å². The molecule has 0 aromatic heterocycles. The maximum atomic E-state index is 13.3. The Morgan fingerprint density at radius 2 is 1.42 bits per heavy atom. The number of nitrogens with zero attached hydrogens (tertiary/aromatic N) is 1. The van der Waals surface area contributed by atoms with E-state index in [4.69, 9.17) is 9.47 Å². The van der Waals surface area contributed by atoms with E-state index in [0.29, 0.717) is 12.1 Å². The molecule has 0 saturated carbocycles. The molecule has 5 nitrogen and oxygen atoms in total. The van der Waals surface area contributed by atoms with Gasteiger partial charge in [0.05, 0.1) is 19.1 Å². The van der Waals surface area contributed by atoms with Gasteiger partial charge in [-0.05, 0) is 16.7 Å². The number of quaternary nitrogens is 1. The van der Waals surface area contributed by atoms with Gasteiger partial charge in [-0.1, -0.05) is 91.9 Å². The van der Waals surface area contributed by atoms with Crippen molar-refractivity contribution in [2.24, 2.45) is 0 Å². The number of carbonyl (C=O) groups excluding carboxylic acids is 2. The van der Waals surface area contributed by atoms with Crippen LogP contribution in [0.15, 0.2) is 84.9 Å². The minimum Gasteiger partial charge on any atom is -0.464 e. The summed E-state index contributed by atoms with van der Waals surface area (Å²) in [6.45, 7) is 2.76. The van der Waals surface area contributed by atoms with E-state index in [-0.39, 0.29) is 31.1 Å². The van der Waals surface area contributed by atoms with Gasteiger partial charge in [-0.2, -0.15) is 0 Å². The van der Waals surface area contributed by atoms with Gasteiger partial charge in [0.25, 0.3) is 0 Å². The maximum absolute atomic E-state index is 13.3. The second kappa shape index (κ2) is 11.5. The highest BCUT2D eigenvalue weighted by molar-refractivity contribution is 5.79. The van der Waals surface area contributed by atoms with Crippen molar-refractivity contribution in [2.75, 3.05) is 13.7 Å². The third kappa shape index (κ3) is 5.68. The molecule has 5 rings (SSSR count). The second-order valence-electron chi connectivity index (χ2n) is 11.0. The number of carbonyl (C=O) groups is 2. The number of benzene rings is 3. The van der Waals surface area contributed by atoms with Crippen molar-refractivity contribution in [3.8, 4) is 11.1 Å². The molecule has 2 bridgehead atoms. The molecule has 0 radical (unpaired) electrons. The first kappa shape index (κ1) is 26.2. The van der Waals surface area contributed by atoms with Crippen LogP contribution in [0.2, 0.25) is 0 Å². The fourth-order valence-electron chi connectivity index (χ4n) is 6.38. The third-order valence-electron chi connectivity index (χ3n) is 8.62. The Labute approximate surface area is 226 Å². The van der Waals surface area contributed by atoms with Crippen molar-refractivity contribution in [1.82, 2.24) is 0 Å². The SMILES string of the molecule is CCC(=O)OCC(C(=O)OC1CC2CCC(C1)[N+]2(C)Cc1ccc(-c2ccccc2)cc1)c1ccccc1. The minimum absolute atomic E-state index is 0.0157. The van der Waals surface area contributed by atoms with E-state index < -0.39 is 5.92 Å². The van der Waals surface area contributed by atoms with Crippen molar-refractivity contribution in [2.45, 2.75) is 69.7 Å². The summed E-state index contributed by atoms with van der Waals surface area (Å²) in [5.74, 6) is -1.20. The number of esters is 2. The maximum Gasteiger partial charge on any atom is 0.317 e. The molecule has 2 heterocycles. The average Bonchev–Trinajstić information content (AvgIpc) is 3.10. The molecule has 2 saturated heterocycles. The first-order chi connectivity index (χ1) is 18.5. The van der Waals surface area contributed by atoms with Crippen LogP contribution >= 0.6 is 0 Å². The Morgan fingerprint density at radius 3 is 2.03 bits per heavy atom. The zero-order valence-corrected chi connectivity index (χ0v) is 22.4. The van der Waals surface area contributed by atoms with Gasteiger partial charge in [0.2, 0.25) is 0 Å². The van der Waals surface area contributed by atoms with Gasteiger partial charge in [0.1, 0.15) is 25.2 Å². The molecule has 0 spiro atoms. The second-order valence-corrected chi connectivity index (χ2v) is 11.0. The number of ether oxygens (including phenoxy) is 2. The summed E-state index contributed by atoms with van der Waals surface area (Å²) in [6, 6.07) is 29.9. The number of hydrogen-bond acceptors (Lipinski definition) is 4. The van der Waals surface area contributed by atoms with Gasteiger partial charge in [-0.25, -0.2) is 0 Å². The summed E-state index contributed by atoms with van der Waals surface area (Å²) in [4.78, 5) is 25.1. The summed E-state index contributed by atoms with van der Waals surface area (Å²) in [5, 5.41) is 0. The molecule has 2 fully saturated rings. The molecule has 3 unspecified atom stereocenters. The highest BCUT2D eigenvalue weighted by Gasteiger charge is 2.52. The Balaban J connectivity index is 1.23. The van der Waals surface area contributed by atoms with E-state index in [2.05, 4.69) is 55.6 Å². The predicted molar refractivity (Wildman–Crippen MR) is 148 cm³/mol. The Hall–Kier alpha value is -3.44. The zero-order chi connectivity index (χ0) is 26.5. The van der Waals surface area contributed by atoms with Gasteiger partial charge in [-0.3, -0.25) is 9.59 Å². The van der Waals surface area contributed by atoms with E-state index in [1.165, 1.54) is 16.7 Å². The van der Waals surface area contributed by atoms with E-state index in [0.717, 1.165) is 42.3 Å². The summed E-state index contributed by atoms with van der Waals surface area (Å²) in [6.07, 6.45) is 4.25. The Bertz CT molecular complexity index is 1210. The molecule has 3 aromatic carbocycles. The van der Waals surface area contributed by atoms with Crippen LogP contribution in [0.4, 0.5) is 0 Å². The van der Waals surface area contributed by atoms with Gasteiger partial charge in [0, 0.05) is 37.7 Å². The van der Waals surface area contributed by atoms with Crippen molar-refractivity contribution in [1.29, 1.82) is 0 Å². The molecule has 0 N–H and O–H groups in total. The van der Waals surface area contributed by atoms with Crippen LogP contribution < -0.4 is 0 Å². The fourth-order valence-corrected chi connectivity index (χ4v) is 6.38. The van der Waals surface area contributed by atoms with Crippen molar-refractivity contribution in [3.05, 3.63) is 96.1 Å². The number of rotatable bonds is 9. The van der Waals surface area contributed by atoms with Crippen LogP contribution in [0.3, 0.4) is 0 Å². The fraction of sp³-hybridized carbons (Fsp3) is 0.394. The van der Waals surface area contributed by atoms with Gasteiger partial charge >= 0.3 is 11.9 Å². The number of fused-ring (bicyclic) bond motifs is 2. The molecule has 198 valence electrons. The van der Waals surface area contributed by atoms with Gasteiger partial charge in [-0.15, -0.1) is 0 Å². The van der Waals surface area contributed by atoms with Gasteiger partial charge < -0.3 is 14.0 Å². The lowest BCUT2D eigenvalue weighted by Gasteiger charge is -2.47. The minimum atomic E-state index is -0.602. The molecule has 3 aromatic rings.